The second kappa shape index (κ2) is 8.82. The average Bonchev–Trinajstić information content (AvgIpc) is 3.40. The largest absolute Gasteiger partial charge is 0.356 e. The molecule has 0 spiro atoms. The number of carbonyl (C=O) groups excluding carboxylic acids is 2. The summed E-state index contributed by atoms with van der Waals surface area (Å²) in [7, 11) is 0. The predicted molar refractivity (Wildman–Crippen MR) is 130 cm³/mol. The second-order valence-electron chi connectivity index (χ2n) is 8.36. The first-order valence-corrected chi connectivity index (χ1v) is 11.0. The van der Waals surface area contributed by atoms with E-state index in [-0.39, 0.29) is 23.4 Å². The molecule has 0 aromatic heterocycles. The first-order chi connectivity index (χ1) is 16.5. The monoisotopic (exact) mass is 454 g/mol. The van der Waals surface area contributed by atoms with Gasteiger partial charge in [-0.3, -0.25) is 19.7 Å². The number of rotatable bonds is 6. The molecule has 2 aliphatic rings. The van der Waals surface area contributed by atoms with Crippen LogP contribution in [0.4, 0.5) is 17.1 Å². The SMILES string of the molecule is O=C1Nc2ccc([N+](=O)[O-])cc2/C1=C(/Nc1ccc(CC2CCNC2=O)cc1)c1ccccc1. The van der Waals surface area contributed by atoms with Crippen molar-refractivity contribution in [3.63, 3.8) is 0 Å². The maximum absolute atomic E-state index is 13.0. The summed E-state index contributed by atoms with van der Waals surface area (Å²) in [6, 6.07) is 21.5. The van der Waals surface area contributed by atoms with Gasteiger partial charge in [0, 0.05) is 41.5 Å². The van der Waals surface area contributed by atoms with E-state index in [0.29, 0.717) is 28.9 Å². The number of nitro benzene ring substituents is 1. The molecule has 170 valence electrons. The minimum Gasteiger partial charge on any atom is -0.356 e. The van der Waals surface area contributed by atoms with Crippen molar-refractivity contribution in [3.8, 4) is 0 Å². The highest BCUT2D eigenvalue weighted by Crippen LogP contribution is 2.39. The normalized spacial score (nSPS) is 18.2. The van der Waals surface area contributed by atoms with Gasteiger partial charge in [-0.2, -0.15) is 0 Å². The van der Waals surface area contributed by atoms with E-state index in [1.807, 2.05) is 54.6 Å². The summed E-state index contributed by atoms with van der Waals surface area (Å²) in [6.07, 6.45) is 1.52. The summed E-state index contributed by atoms with van der Waals surface area (Å²) >= 11 is 0. The highest BCUT2D eigenvalue weighted by atomic mass is 16.6. The van der Waals surface area contributed by atoms with Crippen molar-refractivity contribution >= 4 is 40.1 Å². The van der Waals surface area contributed by atoms with Gasteiger partial charge in [0.2, 0.25) is 5.91 Å². The maximum Gasteiger partial charge on any atom is 0.270 e. The maximum atomic E-state index is 13.0. The van der Waals surface area contributed by atoms with E-state index in [4.69, 9.17) is 0 Å². The Balaban J connectivity index is 1.52. The lowest BCUT2D eigenvalue weighted by Gasteiger charge is -2.15. The third-order valence-corrected chi connectivity index (χ3v) is 6.14. The Morgan fingerprint density at radius 3 is 2.47 bits per heavy atom. The highest BCUT2D eigenvalue weighted by Gasteiger charge is 2.30. The van der Waals surface area contributed by atoms with Crippen molar-refractivity contribution in [2.75, 3.05) is 17.2 Å². The molecule has 2 amide bonds. The fourth-order valence-corrected chi connectivity index (χ4v) is 4.39. The molecular formula is C26H22N4O4. The number of nitro groups is 1. The minimum absolute atomic E-state index is 0.00437. The van der Waals surface area contributed by atoms with Gasteiger partial charge in [0.1, 0.15) is 0 Å². The summed E-state index contributed by atoms with van der Waals surface area (Å²) in [5.74, 6) is -0.237. The molecule has 5 rings (SSSR count). The number of nitrogens with one attached hydrogen (secondary N) is 3. The van der Waals surface area contributed by atoms with Crippen LogP contribution in [0.3, 0.4) is 0 Å². The Morgan fingerprint density at radius 1 is 1.03 bits per heavy atom. The van der Waals surface area contributed by atoms with Crippen molar-refractivity contribution in [1.82, 2.24) is 5.32 Å². The lowest BCUT2D eigenvalue weighted by Crippen LogP contribution is -2.20. The van der Waals surface area contributed by atoms with Gasteiger partial charge in [-0.25, -0.2) is 0 Å². The molecule has 8 nitrogen and oxygen atoms in total. The summed E-state index contributed by atoms with van der Waals surface area (Å²) in [5, 5.41) is 20.4. The molecule has 8 heteroatoms. The molecule has 0 bridgehead atoms. The molecule has 2 heterocycles. The number of non-ortho nitro benzene ring substituents is 1. The van der Waals surface area contributed by atoms with E-state index < -0.39 is 4.92 Å². The van der Waals surface area contributed by atoms with Gasteiger partial charge in [-0.05, 0) is 42.2 Å². The molecule has 3 aromatic rings. The number of hydrogen-bond donors (Lipinski definition) is 3. The lowest BCUT2D eigenvalue weighted by molar-refractivity contribution is -0.384. The van der Waals surface area contributed by atoms with Crippen LogP contribution in [0.1, 0.15) is 23.1 Å². The van der Waals surface area contributed by atoms with Crippen LogP contribution >= 0.6 is 0 Å². The molecule has 1 fully saturated rings. The third-order valence-electron chi connectivity index (χ3n) is 6.14. The number of anilines is 2. The minimum atomic E-state index is -0.473. The Bertz CT molecular complexity index is 1320. The number of fused-ring (bicyclic) bond motifs is 1. The van der Waals surface area contributed by atoms with Crippen LogP contribution in [-0.2, 0) is 16.0 Å². The molecule has 1 unspecified atom stereocenters. The van der Waals surface area contributed by atoms with Gasteiger partial charge in [-0.15, -0.1) is 0 Å². The van der Waals surface area contributed by atoms with Gasteiger partial charge < -0.3 is 16.0 Å². The highest BCUT2D eigenvalue weighted by molar-refractivity contribution is 6.37. The number of carbonyl (C=O) groups is 2. The van der Waals surface area contributed by atoms with Crippen LogP contribution < -0.4 is 16.0 Å². The molecule has 2 aliphatic heterocycles. The average molecular weight is 454 g/mol. The number of nitrogens with zero attached hydrogens (tertiary/aromatic N) is 1. The zero-order chi connectivity index (χ0) is 23.7. The summed E-state index contributed by atoms with van der Waals surface area (Å²) < 4.78 is 0. The van der Waals surface area contributed by atoms with E-state index in [1.54, 1.807) is 6.07 Å². The predicted octanol–water partition coefficient (Wildman–Crippen LogP) is 4.21. The van der Waals surface area contributed by atoms with Crippen LogP contribution in [0, 0.1) is 16.0 Å². The van der Waals surface area contributed by atoms with Crippen molar-refractivity contribution in [1.29, 1.82) is 0 Å². The van der Waals surface area contributed by atoms with Crippen molar-refractivity contribution in [2.45, 2.75) is 12.8 Å². The molecule has 1 saturated heterocycles. The lowest BCUT2D eigenvalue weighted by atomic mass is 9.97. The fourth-order valence-electron chi connectivity index (χ4n) is 4.39. The van der Waals surface area contributed by atoms with Gasteiger partial charge in [0.15, 0.2) is 0 Å². The molecule has 3 N–H and O–H groups in total. The van der Waals surface area contributed by atoms with E-state index >= 15 is 0 Å². The first-order valence-electron chi connectivity index (χ1n) is 11.0. The quantitative estimate of drug-likeness (QED) is 0.293. The fraction of sp³-hybridized carbons (Fsp3) is 0.154. The second-order valence-corrected chi connectivity index (χ2v) is 8.36. The zero-order valence-corrected chi connectivity index (χ0v) is 18.2. The Kier molecular flexibility index (Phi) is 5.55. The molecule has 0 saturated carbocycles. The molecule has 0 radical (unpaired) electrons. The smallest absolute Gasteiger partial charge is 0.270 e. The van der Waals surface area contributed by atoms with E-state index in [9.17, 15) is 19.7 Å². The van der Waals surface area contributed by atoms with Crippen LogP contribution in [0.2, 0.25) is 0 Å². The van der Waals surface area contributed by atoms with Gasteiger partial charge in [-0.1, -0.05) is 42.5 Å². The van der Waals surface area contributed by atoms with Crippen LogP contribution in [0.25, 0.3) is 11.3 Å². The van der Waals surface area contributed by atoms with Crippen LogP contribution in [0.5, 0.6) is 0 Å². The molecule has 3 aromatic carbocycles. The number of amides is 2. The summed E-state index contributed by atoms with van der Waals surface area (Å²) in [4.78, 5) is 35.7. The van der Waals surface area contributed by atoms with Crippen LogP contribution in [0.15, 0.2) is 72.8 Å². The summed E-state index contributed by atoms with van der Waals surface area (Å²) in [5.41, 5.74) is 4.43. The Hall–Kier alpha value is -4.46. The van der Waals surface area contributed by atoms with Crippen molar-refractivity contribution < 1.29 is 14.5 Å². The standard InChI is InChI=1S/C26H22N4O4/c31-25-18(12-13-27-25)14-16-6-8-19(9-7-16)28-24(17-4-2-1-3-5-17)23-21-15-20(30(33)34)10-11-22(21)29-26(23)32/h1-11,15,18,28H,12-14H2,(H,27,31)(H,29,32)/b24-23-. The van der Waals surface area contributed by atoms with Gasteiger partial charge in [0.05, 0.1) is 16.2 Å². The van der Waals surface area contributed by atoms with E-state index in [0.717, 1.165) is 29.8 Å². The first kappa shape index (κ1) is 21.4. The third kappa shape index (κ3) is 4.13. The molecule has 34 heavy (non-hydrogen) atoms. The Morgan fingerprint density at radius 2 is 1.79 bits per heavy atom. The van der Waals surface area contributed by atoms with E-state index in [1.165, 1.54) is 12.1 Å². The van der Waals surface area contributed by atoms with Crippen LogP contribution in [-0.4, -0.2) is 23.3 Å². The van der Waals surface area contributed by atoms with E-state index in [2.05, 4.69) is 16.0 Å². The summed E-state index contributed by atoms with van der Waals surface area (Å²) in [6.45, 7) is 0.721. The number of benzene rings is 3. The molecule has 1 atom stereocenters. The molecule has 0 aliphatic carbocycles. The topological polar surface area (TPSA) is 113 Å². The van der Waals surface area contributed by atoms with Crippen molar-refractivity contribution in [2.24, 2.45) is 5.92 Å². The zero-order valence-electron chi connectivity index (χ0n) is 18.2. The Labute approximate surface area is 195 Å². The van der Waals surface area contributed by atoms with Gasteiger partial charge >= 0.3 is 0 Å². The van der Waals surface area contributed by atoms with Crippen molar-refractivity contribution in [3.05, 3.63) is 99.6 Å². The van der Waals surface area contributed by atoms with Gasteiger partial charge in [0.25, 0.3) is 11.6 Å². The molecular weight excluding hydrogens is 432 g/mol. The number of hydrogen-bond acceptors (Lipinski definition) is 5.